The molecular formula is C13H16N2O2S. The minimum absolute atomic E-state index is 0.300. The van der Waals surface area contributed by atoms with E-state index in [1.807, 2.05) is 18.4 Å². The Balaban J connectivity index is 1.93. The molecular weight excluding hydrogens is 248 g/mol. The molecule has 0 N–H and O–H groups in total. The van der Waals surface area contributed by atoms with Crippen LogP contribution in [0, 0.1) is 0 Å². The van der Waals surface area contributed by atoms with Gasteiger partial charge < -0.3 is 9.15 Å². The van der Waals surface area contributed by atoms with Gasteiger partial charge in [0.05, 0.1) is 0 Å². The van der Waals surface area contributed by atoms with Gasteiger partial charge in [-0.1, -0.05) is 37.7 Å². The molecule has 0 fully saturated rings. The maximum absolute atomic E-state index is 5.58. The standard InChI is InChI=1S/C13H16N2O2S/c1-9(2)10-4-6-11(7-5-10)16-8-12-14-15-13(17-12)18-3/h4-7,9H,8H2,1-3H3. The first-order valence-electron chi connectivity index (χ1n) is 5.78. The second-order valence-electron chi connectivity index (χ2n) is 4.18. The molecule has 18 heavy (non-hydrogen) atoms. The van der Waals surface area contributed by atoms with E-state index in [1.165, 1.54) is 17.3 Å². The maximum atomic E-state index is 5.58. The van der Waals surface area contributed by atoms with Gasteiger partial charge in [-0.2, -0.15) is 0 Å². The van der Waals surface area contributed by atoms with E-state index < -0.39 is 0 Å². The fourth-order valence-corrected chi connectivity index (χ4v) is 1.78. The van der Waals surface area contributed by atoms with Crippen LogP contribution in [0.3, 0.4) is 0 Å². The molecule has 1 aromatic carbocycles. The number of benzene rings is 1. The van der Waals surface area contributed by atoms with Gasteiger partial charge in [0.25, 0.3) is 11.1 Å². The molecule has 0 unspecified atom stereocenters. The Hall–Kier alpha value is -1.49. The van der Waals surface area contributed by atoms with Gasteiger partial charge in [-0.15, -0.1) is 10.2 Å². The Labute approximate surface area is 111 Å². The van der Waals surface area contributed by atoms with Crippen molar-refractivity contribution in [1.29, 1.82) is 0 Å². The third kappa shape index (κ3) is 3.26. The second-order valence-corrected chi connectivity index (χ2v) is 4.94. The van der Waals surface area contributed by atoms with Crippen LogP contribution in [0.2, 0.25) is 0 Å². The van der Waals surface area contributed by atoms with Crippen LogP contribution in [0.5, 0.6) is 5.75 Å². The third-order valence-electron chi connectivity index (χ3n) is 2.53. The van der Waals surface area contributed by atoms with Crippen molar-refractivity contribution >= 4 is 11.8 Å². The van der Waals surface area contributed by atoms with Crippen molar-refractivity contribution in [3.63, 3.8) is 0 Å². The van der Waals surface area contributed by atoms with Crippen LogP contribution in [-0.4, -0.2) is 16.5 Å². The van der Waals surface area contributed by atoms with E-state index >= 15 is 0 Å². The van der Waals surface area contributed by atoms with Crippen LogP contribution in [0.1, 0.15) is 31.2 Å². The van der Waals surface area contributed by atoms with Gasteiger partial charge in [0.15, 0.2) is 6.61 Å². The van der Waals surface area contributed by atoms with Gasteiger partial charge in [-0.3, -0.25) is 0 Å². The molecule has 0 aliphatic heterocycles. The molecule has 0 radical (unpaired) electrons. The summed E-state index contributed by atoms with van der Waals surface area (Å²) in [5, 5.41) is 8.29. The largest absolute Gasteiger partial charge is 0.484 e. The lowest BCUT2D eigenvalue weighted by Gasteiger charge is -2.07. The molecule has 0 atom stereocenters. The van der Waals surface area contributed by atoms with Crippen molar-refractivity contribution in [3.05, 3.63) is 35.7 Å². The summed E-state index contributed by atoms with van der Waals surface area (Å²) in [5.41, 5.74) is 1.30. The topological polar surface area (TPSA) is 48.2 Å². The quantitative estimate of drug-likeness (QED) is 0.774. The Morgan fingerprint density at radius 3 is 2.50 bits per heavy atom. The molecule has 4 nitrogen and oxygen atoms in total. The van der Waals surface area contributed by atoms with Gasteiger partial charge in [0.2, 0.25) is 0 Å². The summed E-state index contributed by atoms with van der Waals surface area (Å²) in [7, 11) is 0. The Bertz CT molecular complexity index is 494. The average molecular weight is 264 g/mol. The lowest BCUT2D eigenvalue weighted by Crippen LogP contribution is -1.96. The summed E-state index contributed by atoms with van der Waals surface area (Å²) in [6, 6.07) is 8.06. The zero-order chi connectivity index (χ0) is 13.0. The smallest absolute Gasteiger partial charge is 0.276 e. The molecule has 0 aliphatic rings. The summed E-state index contributed by atoms with van der Waals surface area (Å²) in [4.78, 5) is 0. The summed E-state index contributed by atoms with van der Waals surface area (Å²) in [5.74, 6) is 1.83. The fourth-order valence-electron chi connectivity index (χ4n) is 1.47. The van der Waals surface area contributed by atoms with E-state index in [1.54, 1.807) is 0 Å². The average Bonchev–Trinajstić information content (AvgIpc) is 2.85. The third-order valence-corrected chi connectivity index (χ3v) is 3.05. The van der Waals surface area contributed by atoms with Gasteiger partial charge in [-0.25, -0.2) is 0 Å². The highest BCUT2D eigenvalue weighted by molar-refractivity contribution is 7.98. The highest BCUT2D eigenvalue weighted by atomic mass is 32.2. The van der Waals surface area contributed by atoms with E-state index in [2.05, 4.69) is 36.2 Å². The monoisotopic (exact) mass is 264 g/mol. The molecule has 96 valence electrons. The first-order chi connectivity index (χ1) is 8.69. The Kier molecular flexibility index (Phi) is 4.25. The summed E-state index contributed by atoms with van der Waals surface area (Å²) in [6.45, 7) is 4.63. The van der Waals surface area contributed by atoms with Gasteiger partial charge in [0, 0.05) is 0 Å². The lowest BCUT2D eigenvalue weighted by atomic mass is 10.0. The number of aromatic nitrogens is 2. The molecule has 2 aromatic rings. The van der Waals surface area contributed by atoms with E-state index in [0.29, 0.717) is 23.6 Å². The molecule has 0 bridgehead atoms. The van der Waals surface area contributed by atoms with Crippen molar-refractivity contribution in [3.8, 4) is 5.75 Å². The van der Waals surface area contributed by atoms with Crippen LogP contribution in [-0.2, 0) is 6.61 Å². The molecule has 0 saturated heterocycles. The van der Waals surface area contributed by atoms with E-state index in [9.17, 15) is 0 Å². The van der Waals surface area contributed by atoms with Crippen LogP contribution in [0.4, 0.5) is 0 Å². The number of hydrogen-bond donors (Lipinski definition) is 0. The lowest BCUT2D eigenvalue weighted by molar-refractivity contribution is 0.252. The summed E-state index contributed by atoms with van der Waals surface area (Å²) in [6.07, 6.45) is 1.89. The van der Waals surface area contributed by atoms with Crippen molar-refractivity contribution in [2.24, 2.45) is 0 Å². The van der Waals surface area contributed by atoms with Crippen molar-refractivity contribution in [2.45, 2.75) is 31.6 Å². The Morgan fingerprint density at radius 1 is 1.22 bits per heavy atom. The Morgan fingerprint density at radius 2 is 1.94 bits per heavy atom. The summed E-state index contributed by atoms with van der Waals surface area (Å²) >= 11 is 1.42. The molecule has 2 rings (SSSR count). The predicted octanol–water partition coefficient (Wildman–Crippen LogP) is 3.49. The predicted molar refractivity (Wildman–Crippen MR) is 70.9 cm³/mol. The van der Waals surface area contributed by atoms with Crippen LogP contribution < -0.4 is 4.74 Å². The molecule has 0 spiro atoms. The van der Waals surface area contributed by atoms with Crippen LogP contribution in [0.15, 0.2) is 33.9 Å². The number of hydrogen-bond acceptors (Lipinski definition) is 5. The van der Waals surface area contributed by atoms with Gasteiger partial charge in [0.1, 0.15) is 5.75 Å². The first kappa shape index (κ1) is 13.0. The molecule has 0 amide bonds. The molecule has 0 aliphatic carbocycles. The van der Waals surface area contributed by atoms with Crippen LogP contribution in [0.25, 0.3) is 0 Å². The van der Waals surface area contributed by atoms with Gasteiger partial charge >= 0.3 is 0 Å². The van der Waals surface area contributed by atoms with Crippen LogP contribution >= 0.6 is 11.8 Å². The zero-order valence-electron chi connectivity index (χ0n) is 10.7. The number of ether oxygens (including phenoxy) is 1. The molecule has 5 heteroatoms. The van der Waals surface area contributed by atoms with E-state index in [-0.39, 0.29) is 0 Å². The fraction of sp³-hybridized carbons (Fsp3) is 0.385. The van der Waals surface area contributed by atoms with Crippen molar-refractivity contribution < 1.29 is 9.15 Å². The SMILES string of the molecule is CSc1nnc(COc2ccc(C(C)C)cc2)o1. The van der Waals surface area contributed by atoms with Crippen molar-refractivity contribution in [2.75, 3.05) is 6.26 Å². The zero-order valence-corrected chi connectivity index (χ0v) is 11.5. The van der Waals surface area contributed by atoms with E-state index in [4.69, 9.17) is 9.15 Å². The normalized spacial score (nSPS) is 10.9. The summed E-state index contributed by atoms with van der Waals surface area (Å²) < 4.78 is 10.9. The van der Waals surface area contributed by atoms with Gasteiger partial charge in [-0.05, 0) is 29.9 Å². The number of rotatable bonds is 5. The number of thioether (sulfide) groups is 1. The highest BCUT2D eigenvalue weighted by Gasteiger charge is 2.05. The minimum atomic E-state index is 0.300. The second kappa shape index (κ2) is 5.91. The molecule has 0 saturated carbocycles. The number of nitrogens with zero attached hydrogens (tertiary/aromatic N) is 2. The minimum Gasteiger partial charge on any atom is -0.484 e. The first-order valence-corrected chi connectivity index (χ1v) is 7.00. The highest BCUT2D eigenvalue weighted by Crippen LogP contribution is 2.19. The maximum Gasteiger partial charge on any atom is 0.276 e. The molecule has 1 heterocycles. The van der Waals surface area contributed by atoms with Crippen molar-refractivity contribution in [1.82, 2.24) is 10.2 Å². The van der Waals surface area contributed by atoms with E-state index in [0.717, 1.165) is 5.75 Å². The molecule has 1 aromatic heterocycles.